The number of benzene rings is 4. The van der Waals surface area contributed by atoms with Crippen molar-refractivity contribution in [3.05, 3.63) is 114 Å². The summed E-state index contributed by atoms with van der Waals surface area (Å²) in [6.07, 6.45) is 1.05. The zero-order valence-electron chi connectivity index (χ0n) is 24.3. The van der Waals surface area contributed by atoms with Crippen LogP contribution in [0, 0.1) is 0 Å². The maximum Gasteiger partial charge on any atom is 0.255 e. The molecule has 0 bridgehead atoms. The van der Waals surface area contributed by atoms with Gasteiger partial charge in [0.15, 0.2) is 0 Å². The number of anilines is 3. The highest BCUT2D eigenvalue weighted by Crippen LogP contribution is 2.28. The van der Waals surface area contributed by atoms with Crippen molar-refractivity contribution in [2.24, 2.45) is 0 Å². The molecule has 0 aliphatic carbocycles. The lowest BCUT2D eigenvalue weighted by Crippen LogP contribution is -2.45. The van der Waals surface area contributed by atoms with Crippen molar-refractivity contribution in [2.75, 3.05) is 21.2 Å². The molecule has 4 aromatic rings. The predicted octanol–water partition coefficient (Wildman–Crippen LogP) is 6.82. The van der Waals surface area contributed by atoms with E-state index < -0.39 is 22.0 Å². The molecule has 0 radical (unpaired) electrons. The van der Waals surface area contributed by atoms with Crippen LogP contribution < -0.4 is 19.7 Å². The average Bonchev–Trinajstić information content (AvgIpc) is 2.93. The number of amides is 2. The zero-order chi connectivity index (χ0) is 30.5. The summed E-state index contributed by atoms with van der Waals surface area (Å²) < 4.78 is 32.4. The van der Waals surface area contributed by atoms with Crippen LogP contribution in [0.15, 0.2) is 103 Å². The Labute approximate surface area is 247 Å². The van der Waals surface area contributed by atoms with Crippen LogP contribution in [-0.4, -0.2) is 32.5 Å². The molecule has 0 saturated carbocycles. The quantitative estimate of drug-likeness (QED) is 0.224. The first-order chi connectivity index (χ1) is 19.8. The first kappa shape index (κ1) is 30.3. The average molecular weight is 586 g/mol. The highest BCUT2D eigenvalue weighted by atomic mass is 32.2. The molecule has 0 spiro atoms. The monoisotopic (exact) mass is 585 g/mol. The van der Waals surface area contributed by atoms with Gasteiger partial charge in [0.2, 0.25) is 15.9 Å². The fourth-order valence-corrected chi connectivity index (χ4v) is 5.52. The minimum absolute atomic E-state index is 0.0222. The summed E-state index contributed by atoms with van der Waals surface area (Å²) in [5.74, 6) is 0.357. The van der Waals surface area contributed by atoms with Crippen LogP contribution in [0.3, 0.4) is 0 Å². The van der Waals surface area contributed by atoms with Crippen LogP contribution >= 0.6 is 0 Å². The number of nitrogens with zero attached hydrogens (tertiary/aromatic N) is 1. The van der Waals surface area contributed by atoms with Crippen LogP contribution in [-0.2, 0) is 20.2 Å². The van der Waals surface area contributed by atoms with Gasteiger partial charge in [-0.2, -0.15) is 0 Å². The molecule has 0 fully saturated rings. The Morgan fingerprint density at radius 3 is 1.90 bits per heavy atom. The molecule has 0 aliphatic rings. The second-order valence-corrected chi connectivity index (χ2v) is 12.9. The lowest BCUT2D eigenvalue weighted by atomic mass is 9.87. The van der Waals surface area contributed by atoms with Crippen molar-refractivity contribution in [1.82, 2.24) is 0 Å². The fraction of sp³-hybridized carbons (Fsp3) is 0.212. The molecular formula is C33H35N3O5S. The molecular weight excluding hydrogens is 550 g/mol. The predicted molar refractivity (Wildman–Crippen MR) is 168 cm³/mol. The van der Waals surface area contributed by atoms with E-state index in [1.807, 2.05) is 42.5 Å². The summed E-state index contributed by atoms with van der Waals surface area (Å²) in [6, 6.07) is 28.7. The van der Waals surface area contributed by atoms with Crippen LogP contribution in [0.1, 0.15) is 43.6 Å². The number of carbonyl (C=O) groups excluding carboxylic acids is 2. The van der Waals surface area contributed by atoms with E-state index in [9.17, 15) is 18.0 Å². The Morgan fingerprint density at radius 2 is 1.33 bits per heavy atom. The van der Waals surface area contributed by atoms with E-state index in [0.29, 0.717) is 34.1 Å². The summed E-state index contributed by atoms with van der Waals surface area (Å²) in [6.45, 7) is 7.83. The van der Waals surface area contributed by atoms with Gasteiger partial charge in [-0.15, -0.1) is 0 Å². The topological polar surface area (TPSA) is 105 Å². The molecule has 2 amide bonds. The minimum Gasteiger partial charge on any atom is -0.457 e. The van der Waals surface area contributed by atoms with Crippen LogP contribution in [0.2, 0.25) is 0 Å². The van der Waals surface area contributed by atoms with Gasteiger partial charge < -0.3 is 15.4 Å². The van der Waals surface area contributed by atoms with Crippen LogP contribution in [0.25, 0.3) is 0 Å². The maximum absolute atomic E-state index is 13.2. The van der Waals surface area contributed by atoms with Crippen molar-refractivity contribution in [3.63, 3.8) is 0 Å². The molecule has 1 atom stereocenters. The smallest absolute Gasteiger partial charge is 0.255 e. The van der Waals surface area contributed by atoms with E-state index in [0.717, 1.165) is 16.1 Å². The van der Waals surface area contributed by atoms with Crippen molar-refractivity contribution < 1.29 is 22.7 Å². The lowest BCUT2D eigenvalue weighted by molar-refractivity contribution is -0.116. The number of nitrogens with one attached hydrogen (secondary N) is 2. The third kappa shape index (κ3) is 7.76. The Bertz CT molecular complexity index is 1650. The molecule has 42 heavy (non-hydrogen) atoms. The molecule has 0 aliphatic heterocycles. The van der Waals surface area contributed by atoms with Crippen molar-refractivity contribution in [1.29, 1.82) is 0 Å². The molecule has 9 heteroatoms. The summed E-state index contributed by atoms with van der Waals surface area (Å²) >= 11 is 0. The van der Waals surface area contributed by atoms with E-state index in [1.54, 1.807) is 60.7 Å². The SMILES string of the molecule is C[C@H](C(=O)Nc1cccc(NC(=O)c2ccc(C(C)(C)C)cc2)c1)N(c1ccc(Oc2ccccc2)cc1)S(C)(=O)=O. The molecule has 4 rings (SSSR count). The molecule has 8 nitrogen and oxygen atoms in total. The first-order valence-electron chi connectivity index (χ1n) is 13.5. The largest absolute Gasteiger partial charge is 0.457 e. The first-order valence-corrected chi connectivity index (χ1v) is 15.3. The van der Waals surface area contributed by atoms with Gasteiger partial charge in [-0.1, -0.05) is 57.2 Å². The van der Waals surface area contributed by atoms with Gasteiger partial charge in [-0.25, -0.2) is 8.42 Å². The van der Waals surface area contributed by atoms with Gasteiger partial charge in [0.1, 0.15) is 17.5 Å². The summed E-state index contributed by atoms with van der Waals surface area (Å²) in [5.41, 5.74) is 2.82. The number of para-hydroxylation sites is 1. The van der Waals surface area contributed by atoms with Crippen molar-refractivity contribution >= 4 is 38.9 Å². The third-order valence-electron chi connectivity index (χ3n) is 6.56. The van der Waals surface area contributed by atoms with E-state index in [4.69, 9.17) is 4.74 Å². The van der Waals surface area contributed by atoms with Crippen molar-refractivity contribution in [3.8, 4) is 11.5 Å². The Balaban J connectivity index is 1.45. The molecule has 0 unspecified atom stereocenters. The van der Waals surface area contributed by atoms with Gasteiger partial charge in [-0.05, 0) is 84.6 Å². The fourth-order valence-electron chi connectivity index (χ4n) is 4.34. The van der Waals surface area contributed by atoms with Gasteiger partial charge in [0, 0.05) is 16.9 Å². The summed E-state index contributed by atoms with van der Waals surface area (Å²) in [4.78, 5) is 26.0. The summed E-state index contributed by atoms with van der Waals surface area (Å²) in [7, 11) is -3.82. The zero-order valence-corrected chi connectivity index (χ0v) is 25.1. The third-order valence-corrected chi connectivity index (χ3v) is 7.80. The van der Waals surface area contributed by atoms with E-state index >= 15 is 0 Å². The molecule has 2 N–H and O–H groups in total. The van der Waals surface area contributed by atoms with E-state index in [1.165, 1.54) is 6.92 Å². The lowest BCUT2D eigenvalue weighted by Gasteiger charge is -2.28. The number of rotatable bonds is 9. The van der Waals surface area contributed by atoms with Gasteiger partial charge >= 0.3 is 0 Å². The molecule has 0 saturated heterocycles. The Hall–Kier alpha value is -4.63. The number of hydrogen-bond acceptors (Lipinski definition) is 5. The highest BCUT2D eigenvalue weighted by Gasteiger charge is 2.29. The van der Waals surface area contributed by atoms with Crippen LogP contribution in [0.5, 0.6) is 11.5 Å². The molecule has 0 aromatic heterocycles. The highest BCUT2D eigenvalue weighted by molar-refractivity contribution is 7.92. The summed E-state index contributed by atoms with van der Waals surface area (Å²) in [5, 5.41) is 5.61. The standard InChI is InChI=1S/C33H35N3O5S/c1-23(36(42(5,39)40)28-18-20-30(21-19-28)41-29-12-7-6-8-13-29)31(37)34-26-10-9-11-27(22-26)35-32(38)24-14-16-25(17-15-24)33(2,3)4/h6-23H,1-5H3,(H,34,37)(H,35,38)/t23-/m1/s1. The van der Waals surface area contributed by atoms with Gasteiger partial charge in [-0.3, -0.25) is 13.9 Å². The maximum atomic E-state index is 13.2. The Kier molecular flexibility index (Phi) is 9.02. The molecule has 218 valence electrons. The van der Waals surface area contributed by atoms with E-state index in [-0.39, 0.29) is 11.3 Å². The molecule has 4 aromatic carbocycles. The van der Waals surface area contributed by atoms with E-state index in [2.05, 4.69) is 31.4 Å². The number of carbonyl (C=O) groups is 2. The van der Waals surface area contributed by atoms with Crippen LogP contribution in [0.4, 0.5) is 17.1 Å². The second kappa shape index (κ2) is 12.5. The van der Waals surface area contributed by atoms with Gasteiger partial charge in [0.25, 0.3) is 5.91 Å². The second-order valence-electron chi connectivity index (χ2n) is 11.0. The van der Waals surface area contributed by atoms with Crippen molar-refractivity contribution in [2.45, 2.75) is 39.2 Å². The minimum atomic E-state index is -3.82. The molecule has 0 heterocycles. The number of hydrogen-bond donors (Lipinski definition) is 2. The number of ether oxygens (including phenoxy) is 1. The Morgan fingerprint density at radius 1 is 0.762 bits per heavy atom. The normalized spacial score (nSPS) is 12.2. The van der Waals surface area contributed by atoms with Gasteiger partial charge in [0.05, 0.1) is 11.9 Å². The number of sulfonamides is 1.